The van der Waals surface area contributed by atoms with Crippen LogP contribution in [0, 0.1) is 0 Å². The summed E-state index contributed by atoms with van der Waals surface area (Å²) in [6.07, 6.45) is 3.04. The number of halogens is 1. The number of methoxy groups -OCH3 is 1. The van der Waals surface area contributed by atoms with Gasteiger partial charge in [-0.25, -0.2) is 0 Å². The zero-order chi connectivity index (χ0) is 12.7. The van der Waals surface area contributed by atoms with Crippen LogP contribution in [0.2, 0.25) is 0 Å². The van der Waals surface area contributed by atoms with Gasteiger partial charge in [0.15, 0.2) is 0 Å². The molecule has 0 bridgehead atoms. The largest absolute Gasteiger partial charge is 0.497 e. The molecular formula is C12H16BrNO2S. The lowest BCUT2D eigenvalue weighted by molar-refractivity contribution is 0.0952. The topological polar surface area (TPSA) is 38.3 Å². The van der Waals surface area contributed by atoms with E-state index in [4.69, 9.17) is 4.74 Å². The quantitative estimate of drug-likeness (QED) is 0.820. The van der Waals surface area contributed by atoms with Gasteiger partial charge >= 0.3 is 0 Å². The Labute approximate surface area is 114 Å². The van der Waals surface area contributed by atoms with E-state index in [2.05, 4.69) is 27.5 Å². The van der Waals surface area contributed by atoms with Crippen LogP contribution in [0.15, 0.2) is 22.7 Å². The van der Waals surface area contributed by atoms with Crippen molar-refractivity contribution in [1.82, 2.24) is 5.32 Å². The zero-order valence-corrected chi connectivity index (χ0v) is 12.4. The molecule has 0 atom stereocenters. The summed E-state index contributed by atoms with van der Waals surface area (Å²) in [6, 6.07) is 5.36. The van der Waals surface area contributed by atoms with Crippen LogP contribution in [0.3, 0.4) is 0 Å². The third-order valence-electron chi connectivity index (χ3n) is 2.23. The second-order valence-corrected chi connectivity index (χ2v) is 5.29. The summed E-state index contributed by atoms with van der Waals surface area (Å²) in [4.78, 5) is 11.9. The minimum Gasteiger partial charge on any atom is -0.497 e. The van der Waals surface area contributed by atoms with E-state index in [1.165, 1.54) is 0 Å². The summed E-state index contributed by atoms with van der Waals surface area (Å²) < 4.78 is 5.88. The average molecular weight is 318 g/mol. The van der Waals surface area contributed by atoms with Crippen LogP contribution in [-0.2, 0) is 0 Å². The van der Waals surface area contributed by atoms with Crippen LogP contribution in [0.25, 0.3) is 0 Å². The van der Waals surface area contributed by atoms with E-state index < -0.39 is 0 Å². The van der Waals surface area contributed by atoms with Crippen molar-refractivity contribution in [3.63, 3.8) is 0 Å². The molecule has 0 radical (unpaired) electrons. The monoisotopic (exact) mass is 317 g/mol. The van der Waals surface area contributed by atoms with Gasteiger partial charge in [-0.15, -0.1) is 0 Å². The maximum absolute atomic E-state index is 11.9. The summed E-state index contributed by atoms with van der Waals surface area (Å²) in [7, 11) is 1.59. The van der Waals surface area contributed by atoms with Crippen molar-refractivity contribution >= 4 is 33.6 Å². The van der Waals surface area contributed by atoms with E-state index in [0.717, 1.165) is 16.6 Å². The smallest absolute Gasteiger partial charge is 0.252 e. The average Bonchev–Trinajstić information content (AvgIpc) is 2.35. The van der Waals surface area contributed by atoms with E-state index in [1.54, 1.807) is 24.9 Å². The number of hydrogen-bond donors (Lipinski definition) is 1. The Morgan fingerprint density at radius 3 is 2.94 bits per heavy atom. The Morgan fingerprint density at radius 2 is 2.29 bits per heavy atom. The summed E-state index contributed by atoms with van der Waals surface area (Å²) in [6.45, 7) is 0.698. The first-order chi connectivity index (χ1) is 8.19. The molecule has 0 spiro atoms. The Morgan fingerprint density at radius 1 is 1.53 bits per heavy atom. The number of carbonyl (C=O) groups is 1. The molecule has 1 aromatic rings. The fraction of sp³-hybridized carbons (Fsp3) is 0.417. The first kappa shape index (κ1) is 14.4. The normalized spacial score (nSPS) is 10.1. The molecule has 1 aromatic carbocycles. The molecule has 0 aliphatic heterocycles. The number of benzene rings is 1. The lowest BCUT2D eigenvalue weighted by atomic mass is 10.2. The van der Waals surface area contributed by atoms with E-state index in [1.807, 2.05) is 12.1 Å². The van der Waals surface area contributed by atoms with Crippen LogP contribution in [-0.4, -0.2) is 31.6 Å². The molecule has 0 saturated heterocycles. The number of nitrogens with one attached hydrogen (secondary N) is 1. The van der Waals surface area contributed by atoms with Gasteiger partial charge in [0.2, 0.25) is 0 Å². The van der Waals surface area contributed by atoms with E-state index in [0.29, 0.717) is 17.9 Å². The first-order valence-corrected chi connectivity index (χ1v) is 7.48. The lowest BCUT2D eigenvalue weighted by Crippen LogP contribution is -2.25. The highest BCUT2D eigenvalue weighted by Gasteiger charge is 2.10. The maximum atomic E-state index is 11.9. The summed E-state index contributed by atoms with van der Waals surface area (Å²) in [5.41, 5.74) is 0.605. The van der Waals surface area contributed by atoms with Gasteiger partial charge in [-0.05, 0) is 52.6 Å². The van der Waals surface area contributed by atoms with E-state index in [-0.39, 0.29) is 5.91 Å². The van der Waals surface area contributed by atoms with Crippen molar-refractivity contribution in [2.24, 2.45) is 0 Å². The van der Waals surface area contributed by atoms with Crippen molar-refractivity contribution in [3.8, 4) is 5.75 Å². The predicted molar refractivity (Wildman–Crippen MR) is 76.0 cm³/mol. The summed E-state index contributed by atoms with van der Waals surface area (Å²) >= 11 is 5.14. The Balaban J connectivity index is 2.61. The van der Waals surface area contributed by atoms with Crippen LogP contribution < -0.4 is 10.1 Å². The highest BCUT2D eigenvalue weighted by atomic mass is 79.9. The maximum Gasteiger partial charge on any atom is 0.252 e. The van der Waals surface area contributed by atoms with Gasteiger partial charge in [-0.2, -0.15) is 11.8 Å². The van der Waals surface area contributed by atoms with Gasteiger partial charge in [-0.1, -0.05) is 0 Å². The van der Waals surface area contributed by atoms with Gasteiger partial charge in [0.25, 0.3) is 5.91 Å². The van der Waals surface area contributed by atoms with Crippen molar-refractivity contribution in [3.05, 3.63) is 28.2 Å². The molecule has 1 N–H and O–H groups in total. The Kier molecular flexibility index (Phi) is 6.44. The third-order valence-corrected chi connectivity index (χ3v) is 3.62. The highest BCUT2D eigenvalue weighted by molar-refractivity contribution is 9.10. The van der Waals surface area contributed by atoms with Gasteiger partial charge < -0.3 is 10.1 Å². The fourth-order valence-corrected chi connectivity index (χ4v) is 2.18. The molecule has 1 amide bonds. The Hall–Kier alpha value is -0.680. The second-order valence-electron chi connectivity index (χ2n) is 3.45. The van der Waals surface area contributed by atoms with Crippen LogP contribution in [0.5, 0.6) is 5.75 Å². The van der Waals surface area contributed by atoms with Gasteiger partial charge in [0.1, 0.15) is 5.75 Å². The number of carbonyl (C=O) groups excluding carboxylic acids is 1. The van der Waals surface area contributed by atoms with Crippen LogP contribution in [0.1, 0.15) is 16.8 Å². The van der Waals surface area contributed by atoms with Gasteiger partial charge in [0, 0.05) is 11.0 Å². The summed E-state index contributed by atoms with van der Waals surface area (Å²) in [5.74, 6) is 1.67. The minimum absolute atomic E-state index is 0.0723. The highest BCUT2D eigenvalue weighted by Crippen LogP contribution is 2.22. The molecule has 0 heterocycles. The second kappa shape index (κ2) is 7.61. The molecule has 5 heteroatoms. The number of ether oxygens (including phenoxy) is 1. The van der Waals surface area contributed by atoms with Crippen molar-refractivity contribution in [1.29, 1.82) is 0 Å². The molecule has 0 aliphatic carbocycles. The Bertz CT molecular complexity index is 385. The van der Waals surface area contributed by atoms with Crippen LogP contribution >= 0.6 is 27.7 Å². The summed E-state index contributed by atoms with van der Waals surface area (Å²) in [5, 5.41) is 2.89. The number of hydrogen-bond acceptors (Lipinski definition) is 3. The molecule has 94 valence electrons. The van der Waals surface area contributed by atoms with Crippen molar-refractivity contribution in [2.75, 3.05) is 25.7 Å². The number of rotatable bonds is 6. The van der Waals surface area contributed by atoms with Gasteiger partial charge in [-0.3, -0.25) is 4.79 Å². The predicted octanol–water partition coefficient (Wildman–Crippen LogP) is 2.94. The molecule has 17 heavy (non-hydrogen) atoms. The number of thioether (sulfide) groups is 1. The molecule has 3 nitrogen and oxygen atoms in total. The molecule has 0 unspecified atom stereocenters. The standard InChI is InChI=1S/C12H16BrNO2S/c1-16-9-4-5-11(13)10(8-9)12(15)14-6-3-7-17-2/h4-5,8H,3,6-7H2,1-2H3,(H,14,15). The first-order valence-electron chi connectivity index (χ1n) is 5.29. The molecule has 0 saturated carbocycles. The zero-order valence-electron chi connectivity index (χ0n) is 9.96. The van der Waals surface area contributed by atoms with Crippen molar-refractivity contribution in [2.45, 2.75) is 6.42 Å². The molecule has 0 aliphatic rings. The van der Waals surface area contributed by atoms with Crippen molar-refractivity contribution < 1.29 is 9.53 Å². The number of amides is 1. The third kappa shape index (κ3) is 4.60. The van der Waals surface area contributed by atoms with E-state index >= 15 is 0 Å². The van der Waals surface area contributed by atoms with Crippen LogP contribution in [0.4, 0.5) is 0 Å². The van der Waals surface area contributed by atoms with E-state index in [9.17, 15) is 4.79 Å². The minimum atomic E-state index is -0.0723. The van der Waals surface area contributed by atoms with Gasteiger partial charge in [0.05, 0.1) is 12.7 Å². The lowest BCUT2D eigenvalue weighted by Gasteiger charge is -2.08. The molecule has 0 aromatic heterocycles. The molecule has 1 rings (SSSR count). The molecule has 0 fully saturated rings. The fourth-order valence-electron chi connectivity index (χ4n) is 1.32. The molecular weight excluding hydrogens is 302 g/mol. The SMILES string of the molecule is COc1ccc(Br)c(C(=O)NCCCSC)c1.